The number of aryl methyl sites for hydroxylation is 2. The van der Waals surface area contributed by atoms with Crippen molar-refractivity contribution >= 4 is 5.91 Å². The third-order valence-corrected chi connectivity index (χ3v) is 3.30. The molecule has 0 amide bonds. The Morgan fingerprint density at radius 1 is 1.33 bits per heavy atom. The van der Waals surface area contributed by atoms with Crippen molar-refractivity contribution in [3.8, 4) is 0 Å². The Bertz CT molecular complexity index is 584. The highest BCUT2D eigenvalue weighted by molar-refractivity contribution is 5.75. The van der Waals surface area contributed by atoms with Gasteiger partial charge in [-0.25, -0.2) is 4.98 Å². The third kappa shape index (κ3) is 2.35. The Morgan fingerprint density at radius 3 is 2.61 bits per heavy atom. The molecule has 2 aromatic rings. The van der Waals surface area contributed by atoms with Crippen molar-refractivity contribution in [1.82, 2.24) is 9.55 Å². The van der Waals surface area contributed by atoms with Gasteiger partial charge in [-0.15, -0.1) is 0 Å². The van der Waals surface area contributed by atoms with Gasteiger partial charge in [0.1, 0.15) is 6.33 Å². The number of aromatic nitrogens is 2. The van der Waals surface area contributed by atoms with E-state index in [-0.39, 0.29) is 11.8 Å². The Labute approximate surface area is 107 Å². The maximum atomic E-state index is 11.3. The highest BCUT2D eigenvalue weighted by Crippen LogP contribution is 2.26. The molecule has 0 aliphatic carbocycles. The van der Waals surface area contributed by atoms with Crippen molar-refractivity contribution in [2.24, 2.45) is 0 Å². The van der Waals surface area contributed by atoms with Crippen LogP contribution in [0.15, 0.2) is 30.7 Å². The molecule has 1 aromatic carbocycles. The molecule has 0 fully saturated rings. The average molecular weight is 242 g/mol. The Morgan fingerprint density at radius 2 is 2.06 bits per heavy atom. The molecule has 0 saturated carbocycles. The minimum Gasteiger partial charge on any atom is -0.276 e. The van der Waals surface area contributed by atoms with Gasteiger partial charge in [0.2, 0.25) is 5.91 Å². The normalized spacial score (nSPS) is 12.4. The van der Waals surface area contributed by atoms with Crippen LogP contribution in [0, 0.1) is 13.8 Å². The molecule has 0 spiro atoms. The van der Waals surface area contributed by atoms with E-state index in [1.807, 2.05) is 6.20 Å². The predicted molar refractivity (Wildman–Crippen MR) is 72.0 cm³/mol. The van der Waals surface area contributed by atoms with Gasteiger partial charge < -0.3 is 0 Å². The summed E-state index contributed by atoms with van der Waals surface area (Å²) in [5.74, 6) is 0.188. The Balaban J connectivity index is 2.35. The van der Waals surface area contributed by atoms with Crippen molar-refractivity contribution in [3.05, 3.63) is 53.1 Å². The number of carbonyl (C=O) groups is 1. The number of nitrogens with zero attached hydrogens (tertiary/aromatic N) is 2. The van der Waals surface area contributed by atoms with E-state index in [0.717, 1.165) is 5.69 Å². The van der Waals surface area contributed by atoms with Crippen LogP contribution in [0.25, 0.3) is 0 Å². The van der Waals surface area contributed by atoms with Crippen molar-refractivity contribution < 1.29 is 4.79 Å². The van der Waals surface area contributed by atoms with E-state index in [9.17, 15) is 4.79 Å². The lowest BCUT2D eigenvalue weighted by atomic mass is 9.93. The molecule has 1 aromatic heterocycles. The number of hydrogen-bond acceptors (Lipinski definition) is 2. The van der Waals surface area contributed by atoms with Gasteiger partial charge in [-0.3, -0.25) is 9.36 Å². The molecule has 3 heteroatoms. The van der Waals surface area contributed by atoms with E-state index in [4.69, 9.17) is 0 Å². The van der Waals surface area contributed by atoms with Gasteiger partial charge in [0.05, 0.1) is 5.69 Å². The molecule has 0 saturated heterocycles. The van der Waals surface area contributed by atoms with Crippen LogP contribution in [-0.2, 0) is 0 Å². The molecule has 3 nitrogen and oxygen atoms in total. The fraction of sp³-hybridized carbons (Fsp3) is 0.333. The summed E-state index contributed by atoms with van der Waals surface area (Å²) < 4.78 is 1.52. The standard InChI is InChI=1S/C15H18N2O/c1-10-5-6-14(11(2)7-10)12(3)15-8-17(9-16-15)13(4)18/h5-9,12H,1-4H3. The summed E-state index contributed by atoms with van der Waals surface area (Å²) in [6.45, 7) is 7.85. The summed E-state index contributed by atoms with van der Waals surface area (Å²) in [5.41, 5.74) is 4.71. The molecule has 0 radical (unpaired) electrons. The van der Waals surface area contributed by atoms with Crippen molar-refractivity contribution in [2.75, 3.05) is 0 Å². The second kappa shape index (κ2) is 4.77. The van der Waals surface area contributed by atoms with Crippen LogP contribution >= 0.6 is 0 Å². The zero-order valence-corrected chi connectivity index (χ0v) is 11.3. The average Bonchev–Trinajstić information content (AvgIpc) is 2.77. The zero-order valence-electron chi connectivity index (χ0n) is 11.3. The molecular weight excluding hydrogens is 224 g/mol. The van der Waals surface area contributed by atoms with Gasteiger partial charge in [-0.1, -0.05) is 30.7 Å². The molecule has 0 aliphatic rings. The lowest BCUT2D eigenvalue weighted by Crippen LogP contribution is -2.02. The summed E-state index contributed by atoms with van der Waals surface area (Å²) in [7, 11) is 0. The van der Waals surface area contributed by atoms with Gasteiger partial charge in [-0.05, 0) is 25.0 Å². The van der Waals surface area contributed by atoms with E-state index in [0.29, 0.717) is 0 Å². The minimum atomic E-state index is -0.0124. The topological polar surface area (TPSA) is 34.9 Å². The van der Waals surface area contributed by atoms with E-state index in [1.54, 1.807) is 6.33 Å². The number of rotatable bonds is 2. The van der Waals surface area contributed by atoms with Crippen LogP contribution in [0.3, 0.4) is 0 Å². The first-order valence-electron chi connectivity index (χ1n) is 6.11. The van der Waals surface area contributed by atoms with Crippen LogP contribution < -0.4 is 0 Å². The van der Waals surface area contributed by atoms with E-state index >= 15 is 0 Å². The summed E-state index contributed by atoms with van der Waals surface area (Å²) in [6, 6.07) is 6.43. The fourth-order valence-electron chi connectivity index (χ4n) is 2.20. The van der Waals surface area contributed by atoms with Crippen molar-refractivity contribution in [1.29, 1.82) is 0 Å². The number of hydrogen-bond donors (Lipinski definition) is 0. The highest BCUT2D eigenvalue weighted by Gasteiger charge is 2.14. The molecule has 2 rings (SSSR count). The SMILES string of the molecule is CC(=O)n1cnc(C(C)c2ccc(C)cc2C)c1. The van der Waals surface area contributed by atoms with Crippen LogP contribution in [0.2, 0.25) is 0 Å². The predicted octanol–water partition coefficient (Wildman–Crippen LogP) is 3.31. The lowest BCUT2D eigenvalue weighted by Gasteiger charge is -2.13. The summed E-state index contributed by atoms with van der Waals surface area (Å²) in [5, 5.41) is 0. The molecule has 1 heterocycles. The van der Waals surface area contributed by atoms with E-state index in [1.165, 1.54) is 28.2 Å². The van der Waals surface area contributed by atoms with Crippen molar-refractivity contribution in [3.63, 3.8) is 0 Å². The number of carbonyl (C=O) groups excluding carboxylic acids is 1. The largest absolute Gasteiger partial charge is 0.276 e. The highest BCUT2D eigenvalue weighted by atomic mass is 16.1. The maximum absolute atomic E-state index is 11.3. The summed E-state index contributed by atoms with van der Waals surface area (Å²) >= 11 is 0. The second-order valence-corrected chi connectivity index (χ2v) is 4.81. The van der Waals surface area contributed by atoms with Crippen LogP contribution in [0.4, 0.5) is 0 Å². The first-order chi connectivity index (χ1) is 8.49. The van der Waals surface area contributed by atoms with Gasteiger partial charge >= 0.3 is 0 Å². The molecule has 94 valence electrons. The summed E-state index contributed by atoms with van der Waals surface area (Å²) in [6.07, 6.45) is 3.39. The zero-order chi connectivity index (χ0) is 13.3. The van der Waals surface area contributed by atoms with Gasteiger partial charge in [0, 0.05) is 19.0 Å². The van der Waals surface area contributed by atoms with Gasteiger partial charge in [0.25, 0.3) is 0 Å². The minimum absolute atomic E-state index is 0.0124. The fourth-order valence-corrected chi connectivity index (χ4v) is 2.20. The monoisotopic (exact) mass is 242 g/mol. The van der Waals surface area contributed by atoms with Crippen LogP contribution in [0.5, 0.6) is 0 Å². The smallest absolute Gasteiger partial charge is 0.228 e. The molecule has 0 bridgehead atoms. The molecule has 1 unspecified atom stereocenters. The maximum Gasteiger partial charge on any atom is 0.228 e. The van der Waals surface area contributed by atoms with Gasteiger partial charge in [-0.2, -0.15) is 0 Å². The first kappa shape index (κ1) is 12.6. The quantitative estimate of drug-likeness (QED) is 0.809. The molecule has 0 N–H and O–H groups in total. The number of benzene rings is 1. The van der Waals surface area contributed by atoms with E-state index < -0.39 is 0 Å². The molecule has 1 atom stereocenters. The first-order valence-corrected chi connectivity index (χ1v) is 6.11. The van der Waals surface area contributed by atoms with E-state index in [2.05, 4.69) is 44.0 Å². The molecule has 18 heavy (non-hydrogen) atoms. The van der Waals surface area contributed by atoms with Crippen molar-refractivity contribution in [2.45, 2.75) is 33.6 Å². The second-order valence-electron chi connectivity index (χ2n) is 4.81. The molecule has 0 aliphatic heterocycles. The lowest BCUT2D eigenvalue weighted by molar-refractivity contribution is 0.0936. The van der Waals surface area contributed by atoms with Crippen LogP contribution in [-0.4, -0.2) is 15.5 Å². The third-order valence-electron chi connectivity index (χ3n) is 3.30. The Hall–Kier alpha value is -1.90. The van der Waals surface area contributed by atoms with Gasteiger partial charge in [0.15, 0.2) is 0 Å². The Kier molecular flexibility index (Phi) is 3.32. The number of imidazole rings is 1. The summed E-state index contributed by atoms with van der Waals surface area (Å²) in [4.78, 5) is 15.6. The molecular formula is C15H18N2O. The van der Waals surface area contributed by atoms with Crippen LogP contribution in [0.1, 0.15) is 46.9 Å².